The molecule has 0 aliphatic carbocycles. The van der Waals surface area contributed by atoms with E-state index in [0.29, 0.717) is 33.1 Å². The van der Waals surface area contributed by atoms with E-state index >= 15 is 0 Å². The summed E-state index contributed by atoms with van der Waals surface area (Å²) in [5.41, 5.74) is 2.32. The quantitative estimate of drug-likeness (QED) is 0.285. The predicted octanol–water partition coefficient (Wildman–Crippen LogP) is 6.06. The molecule has 1 unspecified atom stereocenters. The summed E-state index contributed by atoms with van der Waals surface area (Å²) in [5, 5.41) is 11.8. The summed E-state index contributed by atoms with van der Waals surface area (Å²) in [7, 11) is 0. The molecule has 1 aliphatic rings. The second-order valence-electron chi connectivity index (χ2n) is 8.16. The summed E-state index contributed by atoms with van der Waals surface area (Å²) < 4.78 is 5.74. The largest absolute Gasteiger partial charge is 0.507 e. The minimum absolute atomic E-state index is 0.0206. The molecular weight excluding hydrogens is 438 g/mol. The summed E-state index contributed by atoms with van der Waals surface area (Å²) in [6, 6.07) is 20.4. The van der Waals surface area contributed by atoms with Gasteiger partial charge in [0, 0.05) is 16.3 Å². The average molecular weight is 462 g/mol. The summed E-state index contributed by atoms with van der Waals surface area (Å²) in [4.78, 5) is 28.0. The van der Waals surface area contributed by atoms with Gasteiger partial charge < -0.3 is 9.84 Å². The first-order chi connectivity index (χ1) is 15.8. The molecule has 4 rings (SSSR count). The van der Waals surface area contributed by atoms with Gasteiger partial charge in [-0.3, -0.25) is 14.5 Å². The van der Waals surface area contributed by atoms with Gasteiger partial charge in [0.2, 0.25) is 0 Å². The normalized spacial score (nSPS) is 17.6. The fourth-order valence-corrected chi connectivity index (χ4v) is 4.20. The van der Waals surface area contributed by atoms with Gasteiger partial charge in [-0.1, -0.05) is 60.1 Å². The van der Waals surface area contributed by atoms with Gasteiger partial charge >= 0.3 is 0 Å². The van der Waals surface area contributed by atoms with Gasteiger partial charge in [0.1, 0.15) is 11.5 Å². The Bertz CT molecular complexity index is 1250. The van der Waals surface area contributed by atoms with Crippen LogP contribution in [0.15, 0.2) is 78.4 Å². The maximum Gasteiger partial charge on any atom is 0.300 e. The number of halogens is 1. The Morgan fingerprint density at radius 3 is 2.39 bits per heavy atom. The van der Waals surface area contributed by atoms with Crippen LogP contribution in [0.4, 0.5) is 5.69 Å². The molecule has 3 aromatic carbocycles. The number of carbonyl (C=O) groups is 2. The third-order valence-electron chi connectivity index (χ3n) is 5.54. The maximum absolute atomic E-state index is 13.3. The zero-order valence-corrected chi connectivity index (χ0v) is 19.3. The Kier molecular flexibility index (Phi) is 6.25. The molecule has 1 atom stereocenters. The molecule has 0 saturated carbocycles. The molecule has 1 heterocycles. The second kappa shape index (κ2) is 9.12. The van der Waals surface area contributed by atoms with Crippen molar-refractivity contribution >= 4 is 34.7 Å². The van der Waals surface area contributed by atoms with Crippen LogP contribution in [0.2, 0.25) is 5.02 Å². The number of hydrogen-bond donors (Lipinski definition) is 1. The zero-order chi connectivity index (χ0) is 23.7. The Hall–Kier alpha value is -3.57. The number of aliphatic hydroxyl groups is 1. The summed E-state index contributed by atoms with van der Waals surface area (Å²) >= 11 is 6.33. The first-order valence-electron chi connectivity index (χ1n) is 10.7. The molecule has 6 heteroatoms. The van der Waals surface area contributed by atoms with Crippen molar-refractivity contribution in [2.45, 2.75) is 32.9 Å². The number of nitrogens with zero attached hydrogens (tertiary/aromatic N) is 1. The van der Waals surface area contributed by atoms with E-state index in [1.165, 1.54) is 4.90 Å². The molecule has 0 spiro atoms. The first kappa shape index (κ1) is 22.6. The van der Waals surface area contributed by atoms with Gasteiger partial charge in [0.15, 0.2) is 0 Å². The van der Waals surface area contributed by atoms with Crippen LogP contribution in [0.25, 0.3) is 5.76 Å². The highest BCUT2D eigenvalue weighted by molar-refractivity contribution is 6.52. The van der Waals surface area contributed by atoms with E-state index in [9.17, 15) is 14.7 Å². The predicted molar refractivity (Wildman–Crippen MR) is 130 cm³/mol. The number of aliphatic hydroxyl groups excluding tert-OH is 1. The molecule has 1 N–H and O–H groups in total. The minimum atomic E-state index is -0.807. The smallest absolute Gasteiger partial charge is 0.300 e. The van der Waals surface area contributed by atoms with Crippen LogP contribution < -0.4 is 9.64 Å². The Balaban J connectivity index is 1.93. The van der Waals surface area contributed by atoms with Crippen LogP contribution in [0, 0.1) is 6.92 Å². The van der Waals surface area contributed by atoms with Crippen LogP contribution in [-0.2, 0) is 9.59 Å². The van der Waals surface area contributed by atoms with Gasteiger partial charge in [0.25, 0.3) is 11.7 Å². The molecule has 1 amide bonds. The van der Waals surface area contributed by atoms with E-state index in [1.54, 1.807) is 49.4 Å². The summed E-state index contributed by atoms with van der Waals surface area (Å²) in [5.74, 6) is -1.16. The van der Waals surface area contributed by atoms with Crippen molar-refractivity contribution in [3.63, 3.8) is 0 Å². The van der Waals surface area contributed by atoms with E-state index in [-0.39, 0.29) is 17.4 Å². The van der Waals surface area contributed by atoms with Gasteiger partial charge in [-0.25, -0.2) is 0 Å². The van der Waals surface area contributed by atoms with E-state index in [4.69, 9.17) is 16.3 Å². The number of rotatable bonds is 5. The highest BCUT2D eigenvalue weighted by Gasteiger charge is 2.47. The molecule has 0 radical (unpaired) electrons. The Morgan fingerprint density at radius 2 is 1.70 bits per heavy atom. The fourth-order valence-electron chi connectivity index (χ4n) is 4.03. The lowest BCUT2D eigenvalue weighted by molar-refractivity contribution is -0.132. The number of hydrogen-bond acceptors (Lipinski definition) is 4. The van der Waals surface area contributed by atoms with Crippen LogP contribution in [0.3, 0.4) is 0 Å². The minimum Gasteiger partial charge on any atom is -0.507 e. The highest BCUT2D eigenvalue weighted by atomic mass is 35.5. The second-order valence-corrected chi connectivity index (χ2v) is 8.57. The number of anilines is 1. The van der Waals surface area contributed by atoms with Crippen LogP contribution in [0.5, 0.6) is 5.75 Å². The van der Waals surface area contributed by atoms with E-state index in [0.717, 1.165) is 0 Å². The van der Waals surface area contributed by atoms with Gasteiger partial charge in [-0.2, -0.15) is 0 Å². The average Bonchev–Trinajstić information content (AvgIpc) is 3.06. The van der Waals surface area contributed by atoms with Gasteiger partial charge in [0.05, 0.1) is 17.7 Å². The SMILES string of the molecule is Cc1c(Cl)cccc1N1C(=O)C(=O)/C(=C(/O)c2cccc(OC(C)C)c2)C1c1ccccc1. The molecule has 5 nitrogen and oxygen atoms in total. The van der Waals surface area contributed by atoms with Crippen molar-refractivity contribution in [1.82, 2.24) is 0 Å². The lowest BCUT2D eigenvalue weighted by Gasteiger charge is -2.27. The van der Waals surface area contributed by atoms with Gasteiger partial charge in [-0.05, 0) is 56.2 Å². The van der Waals surface area contributed by atoms with E-state index in [1.807, 2.05) is 44.2 Å². The standard InChI is InChI=1S/C27H24ClNO4/c1-16(2)33-20-12-7-11-19(15-20)25(30)23-24(18-9-5-4-6-10-18)29(27(32)26(23)31)22-14-8-13-21(28)17(22)3/h4-16,24,30H,1-3H3/b25-23+. The van der Waals surface area contributed by atoms with Crippen molar-refractivity contribution in [3.05, 3.63) is 100 Å². The van der Waals surface area contributed by atoms with Gasteiger partial charge in [-0.15, -0.1) is 0 Å². The number of carbonyl (C=O) groups excluding carboxylic acids is 2. The molecule has 1 fully saturated rings. The third kappa shape index (κ3) is 4.24. The molecule has 168 valence electrons. The zero-order valence-electron chi connectivity index (χ0n) is 18.6. The fraction of sp³-hybridized carbons (Fsp3) is 0.185. The molecule has 33 heavy (non-hydrogen) atoms. The molecule has 1 saturated heterocycles. The van der Waals surface area contributed by atoms with Crippen LogP contribution in [0.1, 0.15) is 36.6 Å². The molecule has 3 aromatic rings. The number of benzene rings is 3. The summed E-state index contributed by atoms with van der Waals surface area (Å²) in [6.07, 6.45) is -0.0527. The number of ketones is 1. The van der Waals surface area contributed by atoms with Crippen molar-refractivity contribution in [3.8, 4) is 5.75 Å². The van der Waals surface area contributed by atoms with E-state index in [2.05, 4.69) is 0 Å². The Labute approximate surface area is 197 Å². The van der Waals surface area contributed by atoms with Crippen molar-refractivity contribution in [2.75, 3.05) is 4.90 Å². The third-order valence-corrected chi connectivity index (χ3v) is 5.95. The van der Waals surface area contributed by atoms with Crippen molar-refractivity contribution < 1.29 is 19.4 Å². The molecular formula is C27H24ClNO4. The summed E-state index contributed by atoms with van der Waals surface area (Å²) in [6.45, 7) is 5.60. The van der Waals surface area contributed by atoms with Crippen LogP contribution in [-0.4, -0.2) is 22.9 Å². The highest BCUT2D eigenvalue weighted by Crippen LogP contribution is 2.44. The molecule has 1 aliphatic heterocycles. The number of Topliss-reactive ketones (excluding diaryl/α,β-unsaturated/α-hetero) is 1. The lowest BCUT2D eigenvalue weighted by Crippen LogP contribution is -2.30. The molecule has 0 aromatic heterocycles. The number of ether oxygens (including phenoxy) is 1. The van der Waals surface area contributed by atoms with Crippen molar-refractivity contribution in [2.24, 2.45) is 0 Å². The maximum atomic E-state index is 13.3. The monoisotopic (exact) mass is 461 g/mol. The van der Waals surface area contributed by atoms with Crippen LogP contribution >= 0.6 is 11.6 Å². The first-order valence-corrected chi connectivity index (χ1v) is 11.1. The van der Waals surface area contributed by atoms with E-state index < -0.39 is 17.7 Å². The molecule has 0 bridgehead atoms. The topological polar surface area (TPSA) is 66.8 Å². The Morgan fingerprint density at radius 1 is 1.00 bits per heavy atom. The lowest BCUT2D eigenvalue weighted by atomic mass is 9.95. The number of amides is 1. The van der Waals surface area contributed by atoms with Crippen molar-refractivity contribution in [1.29, 1.82) is 0 Å².